The van der Waals surface area contributed by atoms with E-state index < -0.39 is 0 Å². The van der Waals surface area contributed by atoms with Crippen LogP contribution in [0.4, 0.5) is 5.69 Å². The van der Waals surface area contributed by atoms with E-state index in [9.17, 15) is 4.79 Å². The van der Waals surface area contributed by atoms with Gasteiger partial charge in [-0.2, -0.15) is 5.10 Å². The standard InChI is InChI=1S/C18H23N3O2/c1-11-7-15-14(8-13(11)9-18(3)5-4-6-18)21-12(2)17(22)20-19-16(21)10-23-15/h7-8,12H,4-6,9-10H2,1-3H3,(H,20,22)/t12-/m1/s1. The highest BCUT2D eigenvalue weighted by Crippen LogP contribution is 2.45. The topological polar surface area (TPSA) is 53.9 Å². The van der Waals surface area contributed by atoms with Crippen molar-refractivity contribution in [3.05, 3.63) is 23.3 Å². The van der Waals surface area contributed by atoms with Crippen molar-refractivity contribution in [2.45, 2.75) is 52.5 Å². The van der Waals surface area contributed by atoms with Gasteiger partial charge in [-0.05, 0) is 61.8 Å². The molecule has 5 nitrogen and oxygen atoms in total. The Morgan fingerprint density at radius 2 is 2.22 bits per heavy atom. The maximum absolute atomic E-state index is 12.0. The number of amides is 1. The van der Waals surface area contributed by atoms with Crippen molar-refractivity contribution < 1.29 is 9.53 Å². The van der Waals surface area contributed by atoms with E-state index in [1.807, 2.05) is 11.8 Å². The summed E-state index contributed by atoms with van der Waals surface area (Å²) in [6.45, 7) is 6.83. The van der Waals surface area contributed by atoms with Gasteiger partial charge in [0.25, 0.3) is 5.91 Å². The summed E-state index contributed by atoms with van der Waals surface area (Å²) in [5.74, 6) is 1.55. The number of benzene rings is 1. The molecule has 3 aliphatic rings. The van der Waals surface area contributed by atoms with Crippen LogP contribution in [0.25, 0.3) is 0 Å². The summed E-state index contributed by atoms with van der Waals surface area (Å²) in [5, 5.41) is 4.15. The molecule has 122 valence electrons. The molecule has 1 fully saturated rings. The molecule has 1 amide bonds. The second-order valence-corrected chi connectivity index (χ2v) is 7.43. The Balaban J connectivity index is 1.75. The summed E-state index contributed by atoms with van der Waals surface area (Å²) >= 11 is 0. The van der Waals surface area contributed by atoms with Gasteiger partial charge in [-0.15, -0.1) is 0 Å². The van der Waals surface area contributed by atoms with E-state index in [-0.39, 0.29) is 11.9 Å². The van der Waals surface area contributed by atoms with E-state index in [1.165, 1.54) is 30.4 Å². The molecule has 0 saturated heterocycles. The van der Waals surface area contributed by atoms with Crippen molar-refractivity contribution in [3.63, 3.8) is 0 Å². The normalized spacial score (nSPS) is 24.7. The number of amidine groups is 1. The van der Waals surface area contributed by atoms with Crippen molar-refractivity contribution in [1.29, 1.82) is 0 Å². The van der Waals surface area contributed by atoms with Crippen LogP contribution in [0.3, 0.4) is 0 Å². The van der Waals surface area contributed by atoms with Gasteiger partial charge in [0.1, 0.15) is 18.4 Å². The molecular weight excluding hydrogens is 290 g/mol. The Morgan fingerprint density at radius 1 is 1.43 bits per heavy atom. The largest absolute Gasteiger partial charge is 0.483 e. The monoisotopic (exact) mass is 313 g/mol. The van der Waals surface area contributed by atoms with E-state index in [0.717, 1.165) is 23.7 Å². The van der Waals surface area contributed by atoms with Crippen molar-refractivity contribution in [2.75, 3.05) is 11.5 Å². The Labute approximate surface area is 136 Å². The van der Waals surface area contributed by atoms with Crippen LogP contribution in [-0.4, -0.2) is 24.4 Å². The van der Waals surface area contributed by atoms with Gasteiger partial charge >= 0.3 is 0 Å². The second-order valence-electron chi connectivity index (χ2n) is 7.43. The number of nitrogens with zero attached hydrogens (tertiary/aromatic N) is 2. The maximum atomic E-state index is 12.0. The summed E-state index contributed by atoms with van der Waals surface area (Å²) in [7, 11) is 0. The van der Waals surface area contributed by atoms with Gasteiger partial charge < -0.3 is 9.64 Å². The summed E-state index contributed by atoms with van der Waals surface area (Å²) in [6, 6.07) is 4.06. The van der Waals surface area contributed by atoms with Gasteiger partial charge in [0.05, 0.1) is 5.69 Å². The molecule has 2 heterocycles. The van der Waals surface area contributed by atoms with Crippen molar-refractivity contribution in [2.24, 2.45) is 10.5 Å². The Hall–Kier alpha value is -2.04. The van der Waals surface area contributed by atoms with E-state index in [4.69, 9.17) is 4.74 Å². The predicted molar refractivity (Wildman–Crippen MR) is 89.9 cm³/mol. The van der Waals surface area contributed by atoms with Crippen LogP contribution in [0, 0.1) is 12.3 Å². The molecule has 0 unspecified atom stereocenters. The minimum atomic E-state index is -0.264. The molecule has 1 N–H and O–H groups in total. The summed E-state index contributed by atoms with van der Waals surface area (Å²) in [6.07, 6.45) is 5.03. The lowest BCUT2D eigenvalue weighted by Crippen LogP contribution is -2.55. The average molecular weight is 313 g/mol. The zero-order chi connectivity index (χ0) is 16.2. The van der Waals surface area contributed by atoms with Gasteiger partial charge in [-0.1, -0.05) is 13.3 Å². The number of hydrazone groups is 1. The molecule has 2 aliphatic heterocycles. The SMILES string of the molecule is Cc1cc2c(cc1CC1(C)CCC1)N1C(=NNC(=O)[C@H]1C)CO2. The number of fused-ring (bicyclic) bond motifs is 3. The number of ether oxygens (including phenoxy) is 1. The van der Waals surface area contributed by atoms with Gasteiger partial charge in [0.2, 0.25) is 0 Å². The van der Waals surface area contributed by atoms with Crippen LogP contribution >= 0.6 is 0 Å². The molecule has 0 bridgehead atoms. The highest BCUT2D eigenvalue weighted by Gasteiger charge is 2.37. The predicted octanol–water partition coefficient (Wildman–Crippen LogP) is 2.76. The fraction of sp³-hybridized carbons (Fsp3) is 0.556. The molecule has 23 heavy (non-hydrogen) atoms. The number of hydrogen-bond donors (Lipinski definition) is 1. The summed E-state index contributed by atoms with van der Waals surface area (Å²) < 4.78 is 5.86. The van der Waals surface area contributed by atoms with Crippen molar-refractivity contribution >= 4 is 17.4 Å². The van der Waals surface area contributed by atoms with E-state index in [1.54, 1.807) is 0 Å². The Morgan fingerprint density at radius 3 is 2.91 bits per heavy atom. The van der Waals surface area contributed by atoms with Crippen LogP contribution < -0.4 is 15.1 Å². The number of nitrogens with one attached hydrogen (secondary N) is 1. The van der Waals surface area contributed by atoms with E-state index in [2.05, 4.69) is 36.5 Å². The van der Waals surface area contributed by atoms with Gasteiger partial charge in [0, 0.05) is 0 Å². The zero-order valence-corrected chi connectivity index (χ0v) is 14.0. The fourth-order valence-electron chi connectivity index (χ4n) is 3.82. The molecule has 1 aromatic carbocycles. The molecular formula is C18H23N3O2. The van der Waals surface area contributed by atoms with Crippen LogP contribution in [0.5, 0.6) is 5.75 Å². The first-order chi connectivity index (χ1) is 11.0. The molecule has 1 atom stereocenters. The number of hydrogen-bond acceptors (Lipinski definition) is 4. The number of rotatable bonds is 2. The third-order valence-corrected chi connectivity index (χ3v) is 5.55. The average Bonchev–Trinajstić information content (AvgIpc) is 2.50. The van der Waals surface area contributed by atoms with Crippen LogP contribution in [0.1, 0.15) is 44.2 Å². The maximum Gasteiger partial charge on any atom is 0.262 e. The Bertz CT molecular complexity index is 706. The third kappa shape index (κ3) is 2.30. The first-order valence-electron chi connectivity index (χ1n) is 8.39. The number of anilines is 1. The van der Waals surface area contributed by atoms with Gasteiger partial charge in [-0.3, -0.25) is 4.79 Å². The number of aryl methyl sites for hydroxylation is 1. The lowest BCUT2D eigenvalue weighted by atomic mass is 9.66. The van der Waals surface area contributed by atoms with Gasteiger partial charge in [-0.25, -0.2) is 5.43 Å². The first-order valence-corrected chi connectivity index (χ1v) is 8.39. The molecule has 1 saturated carbocycles. The van der Waals surface area contributed by atoms with Crippen LogP contribution in [0.2, 0.25) is 0 Å². The molecule has 0 spiro atoms. The minimum absolute atomic E-state index is 0.0744. The summed E-state index contributed by atoms with van der Waals surface area (Å²) in [4.78, 5) is 14.0. The quantitative estimate of drug-likeness (QED) is 0.913. The Kier molecular flexibility index (Phi) is 3.15. The third-order valence-electron chi connectivity index (χ3n) is 5.55. The molecule has 1 aromatic rings. The van der Waals surface area contributed by atoms with Crippen molar-refractivity contribution in [1.82, 2.24) is 5.43 Å². The smallest absolute Gasteiger partial charge is 0.262 e. The van der Waals surface area contributed by atoms with Crippen LogP contribution in [-0.2, 0) is 11.2 Å². The van der Waals surface area contributed by atoms with E-state index in [0.29, 0.717) is 12.0 Å². The van der Waals surface area contributed by atoms with Gasteiger partial charge in [0.15, 0.2) is 5.84 Å². The zero-order valence-electron chi connectivity index (χ0n) is 14.0. The highest BCUT2D eigenvalue weighted by molar-refractivity contribution is 6.09. The highest BCUT2D eigenvalue weighted by atomic mass is 16.5. The first kappa shape index (κ1) is 14.5. The second kappa shape index (κ2) is 4.98. The van der Waals surface area contributed by atoms with Crippen molar-refractivity contribution in [3.8, 4) is 5.75 Å². The number of carbonyl (C=O) groups is 1. The molecule has 4 rings (SSSR count). The lowest BCUT2D eigenvalue weighted by Gasteiger charge is -2.41. The lowest BCUT2D eigenvalue weighted by molar-refractivity contribution is -0.122. The molecule has 0 radical (unpaired) electrons. The minimum Gasteiger partial charge on any atom is -0.483 e. The summed E-state index contributed by atoms with van der Waals surface area (Å²) in [5.41, 5.74) is 6.60. The number of carbonyl (C=O) groups excluding carboxylic acids is 1. The molecule has 0 aromatic heterocycles. The van der Waals surface area contributed by atoms with E-state index >= 15 is 0 Å². The molecule has 5 heteroatoms. The van der Waals surface area contributed by atoms with Crippen LogP contribution in [0.15, 0.2) is 17.2 Å². The fourth-order valence-corrected chi connectivity index (χ4v) is 3.82. The molecule has 1 aliphatic carbocycles.